The molecule has 1 aliphatic heterocycles. The van der Waals surface area contributed by atoms with Crippen LogP contribution in [0.2, 0.25) is 0 Å². The van der Waals surface area contributed by atoms with Gasteiger partial charge in [-0.2, -0.15) is 5.10 Å². The van der Waals surface area contributed by atoms with E-state index in [9.17, 15) is 4.79 Å². The lowest BCUT2D eigenvalue weighted by atomic mass is 9.99. The number of amides is 2. The molecule has 1 saturated heterocycles. The number of carbonyl (C=O) groups is 1. The third-order valence-electron chi connectivity index (χ3n) is 4.86. The van der Waals surface area contributed by atoms with Gasteiger partial charge in [-0.3, -0.25) is 4.68 Å². The molecule has 4 rings (SSSR count). The van der Waals surface area contributed by atoms with Gasteiger partial charge in [0.25, 0.3) is 0 Å². The van der Waals surface area contributed by atoms with Crippen molar-refractivity contribution >= 4 is 11.7 Å². The zero-order valence-electron chi connectivity index (χ0n) is 14.6. The van der Waals surface area contributed by atoms with Crippen LogP contribution in [0.5, 0.6) is 0 Å². The highest BCUT2D eigenvalue weighted by atomic mass is 16.2. The summed E-state index contributed by atoms with van der Waals surface area (Å²) in [6.45, 7) is 2.29. The van der Waals surface area contributed by atoms with Gasteiger partial charge >= 0.3 is 6.03 Å². The van der Waals surface area contributed by atoms with Gasteiger partial charge in [0.1, 0.15) is 0 Å². The first-order chi connectivity index (χ1) is 12.8. The topological polar surface area (TPSA) is 50.2 Å². The fourth-order valence-electron chi connectivity index (χ4n) is 3.42. The van der Waals surface area contributed by atoms with E-state index in [2.05, 4.69) is 34.7 Å². The van der Waals surface area contributed by atoms with E-state index in [0.29, 0.717) is 5.92 Å². The lowest BCUT2D eigenvalue weighted by Crippen LogP contribution is -2.32. The molecule has 1 atom stereocenters. The van der Waals surface area contributed by atoms with Crippen molar-refractivity contribution in [2.45, 2.75) is 18.9 Å². The van der Waals surface area contributed by atoms with Crippen LogP contribution in [-0.2, 0) is 6.54 Å². The summed E-state index contributed by atoms with van der Waals surface area (Å²) in [7, 11) is 0. The molecule has 1 fully saturated rings. The first-order valence-corrected chi connectivity index (χ1v) is 8.95. The highest BCUT2D eigenvalue weighted by Crippen LogP contribution is 2.27. The maximum absolute atomic E-state index is 12.5. The minimum atomic E-state index is -0.0248. The van der Waals surface area contributed by atoms with Crippen molar-refractivity contribution in [3.63, 3.8) is 0 Å². The van der Waals surface area contributed by atoms with Crippen LogP contribution < -0.4 is 5.32 Å². The summed E-state index contributed by atoms with van der Waals surface area (Å²) in [5.41, 5.74) is 3.28. The van der Waals surface area contributed by atoms with E-state index >= 15 is 0 Å². The van der Waals surface area contributed by atoms with E-state index in [0.717, 1.165) is 37.3 Å². The molecule has 5 nitrogen and oxygen atoms in total. The van der Waals surface area contributed by atoms with Gasteiger partial charge < -0.3 is 10.2 Å². The smallest absolute Gasteiger partial charge is 0.321 e. The second-order valence-electron chi connectivity index (χ2n) is 6.67. The van der Waals surface area contributed by atoms with Gasteiger partial charge in [0.05, 0.1) is 6.54 Å². The lowest BCUT2D eigenvalue weighted by molar-refractivity contribution is 0.222. The number of benzene rings is 2. The Balaban J connectivity index is 1.33. The zero-order valence-corrected chi connectivity index (χ0v) is 14.6. The van der Waals surface area contributed by atoms with Crippen molar-refractivity contribution in [3.8, 4) is 0 Å². The predicted octanol–water partition coefficient (Wildman–Crippen LogP) is 3.95. The maximum atomic E-state index is 12.5. The van der Waals surface area contributed by atoms with Gasteiger partial charge in [-0.1, -0.05) is 42.5 Å². The first-order valence-electron chi connectivity index (χ1n) is 8.95. The molecule has 2 amide bonds. The fraction of sp³-hybridized carbons (Fsp3) is 0.238. The van der Waals surface area contributed by atoms with E-state index in [4.69, 9.17) is 0 Å². The van der Waals surface area contributed by atoms with Crippen molar-refractivity contribution in [2.24, 2.45) is 0 Å². The molecule has 1 unspecified atom stereocenters. The minimum absolute atomic E-state index is 0.0248. The molecule has 132 valence electrons. The van der Waals surface area contributed by atoms with Crippen LogP contribution in [0.1, 0.15) is 23.5 Å². The predicted molar refractivity (Wildman–Crippen MR) is 102 cm³/mol. The van der Waals surface area contributed by atoms with Crippen molar-refractivity contribution < 1.29 is 4.79 Å². The second-order valence-corrected chi connectivity index (χ2v) is 6.67. The number of urea groups is 1. The third kappa shape index (κ3) is 3.77. The average Bonchev–Trinajstić information content (AvgIpc) is 3.36. The molecule has 26 heavy (non-hydrogen) atoms. The number of likely N-dealkylation sites (tertiary alicyclic amines) is 1. The summed E-state index contributed by atoms with van der Waals surface area (Å²) in [6, 6.07) is 20.3. The lowest BCUT2D eigenvalue weighted by Gasteiger charge is -2.18. The van der Waals surface area contributed by atoms with Gasteiger partial charge in [0.15, 0.2) is 0 Å². The van der Waals surface area contributed by atoms with Crippen LogP contribution in [0, 0.1) is 0 Å². The Morgan fingerprint density at radius 3 is 2.62 bits per heavy atom. The molecular weight excluding hydrogens is 324 g/mol. The average molecular weight is 346 g/mol. The number of rotatable bonds is 4. The van der Waals surface area contributed by atoms with Crippen LogP contribution in [0.25, 0.3) is 0 Å². The molecule has 1 aliphatic rings. The third-order valence-corrected chi connectivity index (χ3v) is 4.86. The number of carbonyl (C=O) groups excluding carboxylic acids is 1. The molecule has 0 bridgehead atoms. The van der Waals surface area contributed by atoms with Gasteiger partial charge in [-0.05, 0) is 35.7 Å². The fourth-order valence-corrected chi connectivity index (χ4v) is 3.42. The number of anilines is 1. The molecule has 0 saturated carbocycles. The number of nitrogens with one attached hydrogen (secondary N) is 1. The Kier molecular flexibility index (Phi) is 4.69. The first kappa shape index (κ1) is 16.4. The Morgan fingerprint density at radius 1 is 1.08 bits per heavy atom. The number of hydrogen-bond donors (Lipinski definition) is 1. The molecule has 1 N–H and O–H groups in total. The number of aromatic nitrogens is 2. The monoisotopic (exact) mass is 346 g/mol. The normalized spacial score (nSPS) is 16.6. The van der Waals surface area contributed by atoms with Gasteiger partial charge in [0.2, 0.25) is 0 Å². The second kappa shape index (κ2) is 7.44. The van der Waals surface area contributed by atoms with E-state index in [1.54, 1.807) is 6.20 Å². The van der Waals surface area contributed by atoms with Gasteiger partial charge in [0, 0.05) is 37.1 Å². The molecule has 0 spiro atoms. The molecule has 0 radical (unpaired) electrons. The summed E-state index contributed by atoms with van der Waals surface area (Å²) in [6.07, 6.45) is 4.72. The van der Waals surface area contributed by atoms with Crippen molar-refractivity contribution in [1.29, 1.82) is 0 Å². The van der Waals surface area contributed by atoms with E-state index in [1.807, 2.05) is 52.2 Å². The molecule has 5 heteroatoms. The molecular formula is C21H22N4O. The van der Waals surface area contributed by atoms with Gasteiger partial charge in [-0.25, -0.2) is 4.79 Å². The molecule has 2 aromatic carbocycles. The van der Waals surface area contributed by atoms with Crippen LogP contribution in [-0.4, -0.2) is 33.8 Å². The highest BCUT2D eigenvalue weighted by Gasteiger charge is 2.27. The maximum Gasteiger partial charge on any atom is 0.321 e. The summed E-state index contributed by atoms with van der Waals surface area (Å²) < 4.78 is 1.88. The van der Waals surface area contributed by atoms with Gasteiger partial charge in [-0.15, -0.1) is 0 Å². The van der Waals surface area contributed by atoms with Crippen LogP contribution >= 0.6 is 0 Å². The molecule has 1 aromatic heterocycles. The Morgan fingerprint density at radius 2 is 1.88 bits per heavy atom. The number of nitrogens with zero attached hydrogens (tertiary/aromatic N) is 3. The van der Waals surface area contributed by atoms with Crippen LogP contribution in [0.15, 0.2) is 73.1 Å². The summed E-state index contributed by atoms with van der Waals surface area (Å²) in [5.74, 6) is 0.429. The molecule has 2 heterocycles. The SMILES string of the molecule is O=C(Nc1ccc(Cn2cccn2)cc1)N1CCC(c2ccccc2)C1. The summed E-state index contributed by atoms with van der Waals surface area (Å²) in [4.78, 5) is 14.4. The van der Waals surface area contributed by atoms with E-state index < -0.39 is 0 Å². The number of hydrogen-bond acceptors (Lipinski definition) is 2. The Hall–Kier alpha value is -3.08. The highest BCUT2D eigenvalue weighted by molar-refractivity contribution is 5.89. The van der Waals surface area contributed by atoms with Crippen molar-refractivity contribution in [1.82, 2.24) is 14.7 Å². The molecule has 0 aliphatic carbocycles. The zero-order chi connectivity index (χ0) is 17.8. The quantitative estimate of drug-likeness (QED) is 0.777. The minimum Gasteiger partial charge on any atom is -0.324 e. The van der Waals surface area contributed by atoms with Crippen molar-refractivity contribution in [3.05, 3.63) is 84.2 Å². The van der Waals surface area contributed by atoms with E-state index in [-0.39, 0.29) is 6.03 Å². The Bertz CT molecular complexity index is 843. The van der Waals surface area contributed by atoms with Crippen LogP contribution in [0.3, 0.4) is 0 Å². The molecule has 3 aromatic rings. The van der Waals surface area contributed by atoms with E-state index in [1.165, 1.54) is 5.56 Å². The summed E-state index contributed by atoms with van der Waals surface area (Å²) in [5, 5.41) is 7.21. The standard InChI is InChI=1S/C21H22N4O/c26-21(24-14-11-19(16-24)18-5-2-1-3-6-18)23-20-9-7-17(8-10-20)15-25-13-4-12-22-25/h1-10,12-13,19H,11,14-16H2,(H,23,26). The largest absolute Gasteiger partial charge is 0.324 e. The summed E-state index contributed by atoms with van der Waals surface area (Å²) >= 11 is 0. The Labute approximate surface area is 153 Å². The van der Waals surface area contributed by atoms with Crippen molar-refractivity contribution in [2.75, 3.05) is 18.4 Å². The van der Waals surface area contributed by atoms with Crippen LogP contribution in [0.4, 0.5) is 10.5 Å².